The van der Waals surface area contributed by atoms with Crippen LogP contribution in [0.15, 0.2) is 66.0 Å². The van der Waals surface area contributed by atoms with Gasteiger partial charge >= 0.3 is 0 Å². The number of rotatable bonds is 10. The third kappa shape index (κ3) is 6.30. The molecule has 3 aromatic rings. The minimum absolute atomic E-state index is 0.0978. The third-order valence-corrected chi connectivity index (χ3v) is 7.54. The predicted molar refractivity (Wildman–Crippen MR) is 153 cm³/mol. The van der Waals surface area contributed by atoms with Crippen LogP contribution in [0.1, 0.15) is 67.2 Å². The Kier molecular flexibility index (Phi) is 8.68. The molecule has 9 heteroatoms. The second-order valence-electron chi connectivity index (χ2n) is 10.2. The summed E-state index contributed by atoms with van der Waals surface area (Å²) >= 11 is 0. The van der Waals surface area contributed by atoms with E-state index in [4.69, 9.17) is 14.6 Å². The van der Waals surface area contributed by atoms with Crippen LogP contribution in [0.4, 0.5) is 5.69 Å². The zero-order valence-electron chi connectivity index (χ0n) is 23.0. The molecular weight excluding hydrogens is 506 g/mol. The van der Waals surface area contributed by atoms with Gasteiger partial charge in [0.15, 0.2) is 11.5 Å². The van der Waals surface area contributed by atoms with E-state index < -0.39 is 0 Å². The van der Waals surface area contributed by atoms with Crippen LogP contribution in [-0.2, 0) is 11.3 Å². The van der Waals surface area contributed by atoms with Gasteiger partial charge in [-0.3, -0.25) is 9.80 Å². The summed E-state index contributed by atoms with van der Waals surface area (Å²) in [7, 11) is 1.66. The number of anilines is 1. The van der Waals surface area contributed by atoms with Gasteiger partial charge in [0, 0.05) is 29.6 Å². The topological polar surface area (TPSA) is 106 Å². The fraction of sp³-hybridized carbons (Fsp3) is 0.387. The van der Waals surface area contributed by atoms with Crippen LogP contribution in [0, 0.1) is 5.92 Å². The highest BCUT2D eigenvalue weighted by atomic mass is 16.5. The Balaban J connectivity index is 1.39. The number of hydrazone groups is 1. The van der Waals surface area contributed by atoms with Crippen molar-refractivity contribution >= 4 is 23.6 Å². The predicted octanol–water partition coefficient (Wildman–Crippen LogP) is 5.26. The number of hydrogen-bond donors (Lipinski definition) is 1. The second kappa shape index (κ2) is 12.7. The Morgan fingerprint density at radius 2 is 1.88 bits per heavy atom. The van der Waals surface area contributed by atoms with Gasteiger partial charge in [0.1, 0.15) is 12.3 Å². The maximum atomic E-state index is 12.5. The molecule has 2 atom stereocenters. The molecule has 1 amide bonds. The molecule has 2 unspecified atom stereocenters. The SMILES string of the molecule is CCC1CC(C=O)N(Cc2cccc(NC(=O)c3ncccn3)c2)N=C1c1ccc(OC)c(OC2CCCC2)c1. The van der Waals surface area contributed by atoms with E-state index in [0.717, 1.165) is 48.1 Å². The van der Waals surface area contributed by atoms with Crippen molar-refractivity contribution in [1.82, 2.24) is 15.0 Å². The van der Waals surface area contributed by atoms with Gasteiger partial charge in [-0.2, -0.15) is 5.10 Å². The fourth-order valence-electron chi connectivity index (χ4n) is 5.40. The number of nitrogens with zero attached hydrogens (tertiary/aromatic N) is 4. The molecule has 1 aromatic heterocycles. The van der Waals surface area contributed by atoms with E-state index >= 15 is 0 Å². The molecule has 1 saturated carbocycles. The van der Waals surface area contributed by atoms with E-state index in [1.54, 1.807) is 13.2 Å². The van der Waals surface area contributed by atoms with Crippen LogP contribution >= 0.6 is 0 Å². The van der Waals surface area contributed by atoms with Crippen LogP contribution in [0.25, 0.3) is 0 Å². The van der Waals surface area contributed by atoms with Crippen LogP contribution in [0.3, 0.4) is 0 Å². The fourth-order valence-corrected chi connectivity index (χ4v) is 5.40. The van der Waals surface area contributed by atoms with Crippen LogP contribution in [-0.4, -0.2) is 52.1 Å². The maximum absolute atomic E-state index is 12.5. The number of benzene rings is 2. The minimum atomic E-state index is -0.386. The van der Waals surface area contributed by atoms with Crippen molar-refractivity contribution in [3.05, 3.63) is 77.9 Å². The smallest absolute Gasteiger partial charge is 0.293 e. The Morgan fingerprint density at radius 3 is 2.60 bits per heavy atom. The van der Waals surface area contributed by atoms with Gasteiger partial charge < -0.3 is 19.6 Å². The number of carbonyl (C=O) groups excluding carboxylic acids is 2. The first-order chi connectivity index (χ1) is 19.6. The molecule has 9 nitrogen and oxygen atoms in total. The average molecular weight is 542 g/mol. The maximum Gasteiger partial charge on any atom is 0.293 e. The van der Waals surface area contributed by atoms with E-state index in [-0.39, 0.29) is 29.8 Å². The summed E-state index contributed by atoms with van der Waals surface area (Å²) in [5.74, 6) is 1.29. The molecule has 0 radical (unpaired) electrons. The standard InChI is InChI=1S/C31H35N5O4/c1-3-22-17-25(20-37)36(19-21-8-6-9-24(16-21)34-31(38)30-32-14-7-15-33-30)35-29(22)23-12-13-27(39-2)28(18-23)40-26-10-4-5-11-26/h6-9,12-16,18,20,22,25-26H,3-5,10-11,17,19H2,1-2H3,(H,34,38). The molecule has 1 N–H and O–H groups in total. The lowest BCUT2D eigenvalue weighted by atomic mass is 9.87. The van der Waals surface area contributed by atoms with Crippen LogP contribution < -0.4 is 14.8 Å². The number of amides is 1. The molecular formula is C31H35N5O4. The second-order valence-corrected chi connectivity index (χ2v) is 10.2. The number of hydrogen-bond acceptors (Lipinski definition) is 8. The lowest BCUT2D eigenvalue weighted by molar-refractivity contribution is -0.113. The molecule has 2 heterocycles. The molecule has 1 aliphatic carbocycles. The Labute approximate surface area is 234 Å². The summed E-state index contributed by atoms with van der Waals surface area (Å²) in [6.07, 6.45) is 10.3. The van der Waals surface area contributed by atoms with E-state index in [9.17, 15) is 9.59 Å². The summed E-state index contributed by atoms with van der Waals surface area (Å²) in [6.45, 7) is 2.54. The van der Waals surface area contributed by atoms with Crippen molar-refractivity contribution in [2.24, 2.45) is 11.0 Å². The van der Waals surface area contributed by atoms with Crippen molar-refractivity contribution in [3.8, 4) is 11.5 Å². The lowest BCUT2D eigenvalue weighted by Gasteiger charge is -2.35. The number of aromatic nitrogens is 2. The molecule has 2 aromatic carbocycles. The summed E-state index contributed by atoms with van der Waals surface area (Å²) < 4.78 is 11.9. The lowest BCUT2D eigenvalue weighted by Crippen LogP contribution is -2.41. The zero-order valence-corrected chi connectivity index (χ0v) is 23.0. The summed E-state index contributed by atoms with van der Waals surface area (Å²) in [6, 6.07) is 14.8. The summed E-state index contributed by atoms with van der Waals surface area (Å²) in [4.78, 5) is 32.7. The highest BCUT2D eigenvalue weighted by molar-refractivity contribution is 6.03. The average Bonchev–Trinajstić information content (AvgIpc) is 3.50. The quantitative estimate of drug-likeness (QED) is 0.349. The monoisotopic (exact) mass is 541 g/mol. The molecule has 208 valence electrons. The number of methoxy groups -OCH3 is 1. The van der Waals surface area contributed by atoms with Crippen molar-refractivity contribution in [2.45, 2.75) is 64.1 Å². The van der Waals surface area contributed by atoms with Gasteiger partial charge in [-0.15, -0.1) is 0 Å². The van der Waals surface area contributed by atoms with Gasteiger partial charge in [0.25, 0.3) is 5.91 Å². The zero-order chi connectivity index (χ0) is 27.9. The number of carbonyl (C=O) groups is 2. The molecule has 1 fully saturated rings. The number of nitrogens with one attached hydrogen (secondary N) is 1. The van der Waals surface area contributed by atoms with Gasteiger partial charge in [-0.1, -0.05) is 19.1 Å². The summed E-state index contributed by atoms with van der Waals surface area (Å²) in [5.41, 5.74) is 3.44. The van der Waals surface area contributed by atoms with E-state index in [1.807, 2.05) is 47.5 Å². The Morgan fingerprint density at radius 1 is 1.07 bits per heavy atom. The third-order valence-electron chi connectivity index (χ3n) is 7.54. The molecule has 2 aliphatic rings. The van der Waals surface area contributed by atoms with Crippen LogP contribution in [0.5, 0.6) is 11.5 Å². The van der Waals surface area contributed by atoms with E-state index in [0.29, 0.717) is 24.4 Å². The highest BCUT2D eigenvalue weighted by Crippen LogP contribution is 2.35. The van der Waals surface area contributed by atoms with Crippen molar-refractivity contribution in [3.63, 3.8) is 0 Å². The van der Waals surface area contributed by atoms with E-state index in [2.05, 4.69) is 22.2 Å². The van der Waals surface area contributed by atoms with E-state index in [1.165, 1.54) is 25.2 Å². The summed E-state index contributed by atoms with van der Waals surface area (Å²) in [5, 5.41) is 9.72. The Hall–Kier alpha value is -4.27. The number of aldehydes is 1. The minimum Gasteiger partial charge on any atom is -0.493 e. The van der Waals surface area contributed by atoms with Crippen molar-refractivity contribution in [1.29, 1.82) is 0 Å². The van der Waals surface area contributed by atoms with Gasteiger partial charge in [0.05, 0.1) is 25.5 Å². The molecule has 0 bridgehead atoms. The molecule has 1 aliphatic heterocycles. The first-order valence-corrected chi connectivity index (χ1v) is 13.9. The molecule has 0 spiro atoms. The van der Waals surface area contributed by atoms with Crippen molar-refractivity contribution in [2.75, 3.05) is 12.4 Å². The van der Waals surface area contributed by atoms with Crippen LogP contribution in [0.2, 0.25) is 0 Å². The Bertz CT molecular complexity index is 1360. The van der Waals surface area contributed by atoms with Crippen molar-refractivity contribution < 1.29 is 19.1 Å². The highest BCUT2D eigenvalue weighted by Gasteiger charge is 2.31. The molecule has 5 rings (SSSR count). The molecule has 0 saturated heterocycles. The largest absolute Gasteiger partial charge is 0.493 e. The van der Waals surface area contributed by atoms with Gasteiger partial charge in [0.2, 0.25) is 5.82 Å². The first kappa shape index (κ1) is 27.3. The van der Waals surface area contributed by atoms with Gasteiger partial charge in [-0.05, 0) is 80.5 Å². The number of ether oxygens (including phenoxy) is 2. The van der Waals surface area contributed by atoms with Gasteiger partial charge in [-0.25, -0.2) is 9.97 Å². The normalized spacial score (nSPS) is 19.1. The molecule has 40 heavy (non-hydrogen) atoms. The first-order valence-electron chi connectivity index (χ1n) is 13.9.